The van der Waals surface area contributed by atoms with Gasteiger partial charge in [0.25, 0.3) is 17.7 Å². The van der Waals surface area contributed by atoms with E-state index in [1.807, 2.05) is 17.0 Å². The van der Waals surface area contributed by atoms with Crippen LogP contribution in [-0.4, -0.2) is 65.0 Å². The van der Waals surface area contributed by atoms with E-state index in [0.717, 1.165) is 31.5 Å². The lowest BCUT2D eigenvalue weighted by Gasteiger charge is -2.16. The zero-order valence-corrected chi connectivity index (χ0v) is 19.1. The van der Waals surface area contributed by atoms with Gasteiger partial charge in [0.05, 0.1) is 0 Å². The van der Waals surface area contributed by atoms with Crippen LogP contribution in [0.2, 0.25) is 5.02 Å². The van der Waals surface area contributed by atoms with Crippen molar-refractivity contribution in [1.29, 1.82) is 0 Å². The van der Waals surface area contributed by atoms with Crippen LogP contribution < -0.4 is 4.74 Å². The van der Waals surface area contributed by atoms with Crippen LogP contribution in [0.1, 0.15) is 29.0 Å². The van der Waals surface area contributed by atoms with Crippen LogP contribution in [-0.2, 0) is 11.2 Å². The second-order valence-corrected chi connectivity index (χ2v) is 8.34. The molecule has 2 amide bonds. The summed E-state index contributed by atoms with van der Waals surface area (Å²) in [5, 5.41) is 4.61. The Hall–Kier alpha value is -3.39. The lowest BCUT2D eigenvalue weighted by molar-refractivity contribution is -0.132. The Labute approximate surface area is 197 Å². The number of hydrogen-bond donors (Lipinski definition) is 0. The molecule has 1 aromatic heterocycles. The van der Waals surface area contributed by atoms with Gasteiger partial charge < -0.3 is 19.1 Å². The van der Waals surface area contributed by atoms with Gasteiger partial charge in [-0.3, -0.25) is 9.59 Å². The van der Waals surface area contributed by atoms with Crippen molar-refractivity contribution in [2.75, 3.05) is 33.3 Å². The number of halogens is 1. The molecule has 1 aliphatic heterocycles. The van der Waals surface area contributed by atoms with Crippen molar-refractivity contribution in [3.8, 4) is 17.2 Å². The predicted molar refractivity (Wildman–Crippen MR) is 123 cm³/mol. The van der Waals surface area contributed by atoms with E-state index in [4.69, 9.17) is 20.9 Å². The Morgan fingerprint density at radius 3 is 2.48 bits per heavy atom. The van der Waals surface area contributed by atoms with E-state index in [-0.39, 0.29) is 18.4 Å². The molecule has 1 aliphatic rings. The van der Waals surface area contributed by atoms with Crippen LogP contribution in [0.4, 0.5) is 0 Å². The first-order valence-electron chi connectivity index (χ1n) is 10.8. The molecule has 0 aliphatic carbocycles. The van der Waals surface area contributed by atoms with Gasteiger partial charge in [-0.2, -0.15) is 4.98 Å². The number of aromatic nitrogens is 2. The maximum atomic E-state index is 12.5. The quantitative estimate of drug-likeness (QED) is 0.500. The Bertz CT molecular complexity index is 1090. The summed E-state index contributed by atoms with van der Waals surface area (Å²) in [4.78, 5) is 32.6. The molecule has 172 valence electrons. The van der Waals surface area contributed by atoms with Gasteiger partial charge >= 0.3 is 0 Å². The van der Waals surface area contributed by atoms with Gasteiger partial charge in [0.1, 0.15) is 5.75 Å². The van der Waals surface area contributed by atoms with E-state index in [1.165, 1.54) is 0 Å². The number of carbonyl (C=O) groups excluding carboxylic acids is 2. The first-order valence-corrected chi connectivity index (χ1v) is 11.2. The minimum atomic E-state index is -0.160. The smallest absolute Gasteiger partial charge is 0.260 e. The average molecular weight is 469 g/mol. The van der Waals surface area contributed by atoms with Crippen molar-refractivity contribution in [2.45, 2.75) is 19.3 Å². The number of carbonyl (C=O) groups is 2. The van der Waals surface area contributed by atoms with E-state index in [9.17, 15) is 9.59 Å². The monoisotopic (exact) mass is 468 g/mol. The standard InChI is InChI=1S/C24H25ClN4O4/c1-28(22(30)16-32-20-10-8-19(25)9-11-20)15-12-21-26-23(33-27-21)17-4-6-18(7-5-17)24(31)29-13-2-3-14-29/h4-11H,2-3,12-16H2,1H3. The molecule has 0 radical (unpaired) electrons. The maximum Gasteiger partial charge on any atom is 0.260 e. The van der Waals surface area contributed by atoms with Gasteiger partial charge in [-0.15, -0.1) is 0 Å². The molecule has 2 heterocycles. The highest BCUT2D eigenvalue weighted by molar-refractivity contribution is 6.30. The van der Waals surface area contributed by atoms with E-state index >= 15 is 0 Å². The SMILES string of the molecule is CN(CCc1noc(-c2ccc(C(=O)N3CCCC3)cc2)n1)C(=O)COc1ccc(Cl)cc1. The third-order valence-electron chi connectivity index (χ3n) is 5.51. The molecular weight excluding hydrogens is 444 g/mol. The number of amides is 2. The highest BCUT2D eigenvalue weighted by Crippen LogP contribution is 2.20. The minimum absolute atomic E-state index is 0.0537. The molecule has 0 saturated carbocycles. The Balaban J connectivity index is 1.27. The molecule has 2 aromatic carbocycles. The molecule has 0 N–H and O–H groups in total. The molecule has 4 rings (SSSR count). The fraction of sp³-hybridized carbons (Fsp3) is 0.333. The Kier molecular flexibility index (Phi) is 7.24. The van der Waals surface area contributed by atoms with Crippen LogP contribution in [0.25, 0.3) is 11.5 Å². The molecule has 0 unspecified atom stereocenters. The lowest BCUT2D eigenvalue weighted by atomic mass is 10.1. The third-order valence-corrected chi connectivity index (χ3v) is 5.76. The normalized spacial score (nSPS) is 13.2. The zero-order chi connectivity index (χ0) is 23.2. The molecule has 9 heteroatoms. The number of likely N-dealkylation sites (N-methyl/N-ethyl adjacent to an activating group) is 1. The van der Waals surface area contributed by atoms with E-state index in [0.29, 0.717) is 41.0 Å². The first kappa shape index (κ1) is 22.8. The third kappa shape index (κ3) is 5.90. The number of benzene rings is 2. The second kappa shape index (κ2) is 10.5. The van der Waals surface area contributed by atoms with E-state index in [2.05, 4.69) is 10.1 Å². The van der Waals surface area contributed by atoms with Crippen molar-refractivity contribution in [1.82, 2.24) is 19.9 Å². The highest BCUT2D eigenvalue weighted by Gasteiger charge is 2.20. The summed E-state index contributed by atoms with van der Waals surface area (Å²) >= 11 is 5.84. The highest BCUT2D eigenvalue weighted by atomic mass is 35.5. The zero-order valence-electron chi connectivity index (χ0n) is 18.4. The van der Waals surface area contributed by atoms with E-state index < -0.39 is 0 Å². The van der Waals surface area contributed by atoms with Crippen molar-refractivity contribution in [3.05, 3.63) is 64.9 Å². The van der Waals surface area contributed by atoms with Gasteiger partial charge in [-0.25, -0.2) is 0 Å². The largest absolute Gasteiger partial charge is 0.484 e. The molecule has 0 spiro atoms. The van der Waals surface area contributed by atoms with Gasteiger partial charge in [-0.05, 0) is 61.4 Å². The van der Waals surface area contributed by atoms with E-state index in [1.54, 1.807) is 48.3 Å². The second-order valence-electron chi connectivity index (χ2n) is 7.90. The number of rotatable bonds is 8. The summed E-state index contributed by atoms with van der Waals surface area (Å²) < 4.78 is 10.9. The fourth-order valence-corrected chi connectivity index (χ4v) is 3.64. The minimum Gasteiger partial charge on any atom is -0.484 e. The van der Waals surface area contributed by atoms with Crippen LogP contribution in [0.3, 0.4) is 0 Å². The molecule has 0 atom stereocenters. The molecule has 33 heavy (non-hydrogen) atoms. The fourth-order valence-electron chi connectivity index (χ4n) is 3.51. The summed E-state index contributed by atoms with van der Waals surface area (Å²) in [7, 11) is 1.70. The van der Waals surface area contributed by atoms with Gasteiger partial charge in [-0.1, -0.05) is 16.8 Å². The first-order chi connectivity index (χ1) is 16.0. The molecule has 0 bridgehead atoms. The summed E-state index contributed by atoms with van der Waals surface area (Å²) in [5.41, 5.74) is 1.40. The van der Waals surface area contributed by atoms with Crippen molar-refractivity contribution >= 4 is 23.4 Å². The van der Waals surface area contributed by atoms with Crippen LogP contribution in [0.15, 0.2) is 53.1 Å². The van der Waals surface area contributed by atoms with Crippen LogP contribution >= 0.6 is 11.6 Å². The molecule has 1 fully saturated rings. The summed E-state index contributed by atoms with van der Waals surface area (Å²) in [5.74, 6) is 1.35. The number of ether oxygens (including phenoxy) is 1. The van der Waals surface area contributed by atoms with Crippen molar-refractivity contribution in [3.63, 3.8) is 0 Å². The molecule has 3 aromatic rings. The predicted octanol–water partition coefficient (Wildman–Crippen LogP) is 3.71. The topological polar surface area (TPSA) is 88.8 Å². The summed E-state index contributed by atoms with van der Waals surface area (Å²) in [6.45, 7) is 1.98. The van der Waals surface area contributed by atoms with Crippen LogP contribution in [0, 0.1) is 0 Å². The molecular formula is C24H25ClN4O4. The Morgan fingerprint density at radius 1 is 1.09 bits per heavy atom. The summed E-state index contributed by atoms with van der Waals surface area (Å²) in [6, 6.07) is 14.0. The molecule has 1 saturated heterocycles. The summed E-state index contributed by atoms with van der Waals surface area (Å²) in [6.07, 6.45) is 2.56. The van der Waals surface area contributed by atoms with Crippen LogP contribution in [0.5, 0.6) is 5.75 Å². The molecule has 8 nitrogen and oxygen atoms in total. The maximum absolute atomic E-state index is 12.5. The average Bonchev–Trinajstić information content (AvgIpc) is 3.54. The van der Waals surface area contributed by atoms with Gasteiger partial charge in [0, 0.05) is 49.3 Å². The van der Waals surface area contributed by atoms with Gasteiger partial charge in [0.2, 0.25) is 0 Å². The number of likely N-dealkylation sites (tertiary alicyclic amines) is 1. The number of nitrogens with zero attached hydrogens (tertiary/aromatic N) is 4. The lowest BCUT2D eigenvalue weighted by Crippen LogP contribution is -2.33. The van der Waals surface area contributed by atoms with Gasteiger partial charge in [0.15, 0.2) is 12.4 Å². The van der Waals surface area contributed by atoms with Crippen molar-refractivity contribution < 1.29 is 18.8 Å². The number of hydrogen-bond acceptors (Lipinski definition) is 6. The van der Waals surface area contributed by atoms with Crippen molar-refractivity contribution in [2.24, 2.45) is 0 Å². The Morgan fingerprint density at radius 2 is 1.79 bits per heavy atom.